The molecule has 0 aromatic heterocycles. The molecule has 1 aliphatic rings. The van der Waals surface area contributed by atoms with Crippen LogP contribution in [0, 0.1) is 0 Å². The number of imide groups is 1. The molecular formula is C16H13BrN2O2. The van der Waals surface area contributed by atoms with Crippen molar-refractivity contribution in [3.05, 3.63) is 57.6 Å². The van der Waals surface area contributed by atoms with Crippen molar-refractivity contribution in [1.29, 1.82) is 0 Å². The Morgan fingerprint density at radius 3 is 2.57 bits per heavy atom. The number of fused-ring (bicyclic) bond motifs is 1. The number of aryl methyl sites for hydroxylation is 1. The number of benzene rings is 2. The minimum atomic E-state index is -0.356. The molecule has 1 heterocycles. The summed E-state index contributed by atoms with van der Waals surface area (Å²) in [7, 11) is 0. The molecule has 0 spiro atoms. The van der Waals surface area contributed by atoms with Gasteiger partial charge < -0.3 is 5.73 Å². The number of carbonyl (C=O) groups excluding carboxylic acids is 2. The Hall–Kier alpha value is -2.14. The lowest BCUT2D eigenvalue weighted by Crippen LogP contribution is -2.30. The highest BCUT2D eigenvalue weighted by molar-refractivity contribution is 9.10. The summed E-state index contributed by atoms with van der Waals surface area (Å²) >= 11 is 3.41. The Morgan fingerprint density at radius 1 is 1.14 bits per heavy atom. The maximum absolute atomic E-state index is 12.6. The zero-order valence-electron chi connectivity index (χ0n) is 11.4. The Kier molecular flexibility index (Phi) is 3.29. The number of hydrogen-bond donors (Lipinski definition) is 1. The molecule has 0 saturated carbocycles. The molecule has 0 saturated heterocycles. The van der Waals surface area contributed by atoms with Gasteiger partial charge in [0.2, 0.25) is 0 Å². The van der Waals surface area contributed by atoms with E-state index in [1.807, 2.05) is 19.1 Å². The average molecular weight is 345 g/mol. The maximum atomic E-state index is 12.6. The quantitative estimate of drug-likeness (QED) is 0.670. The molecule has 2 aromatic carbocycles. The predicted molar refractivity (Wildman–Crippen MR) is 85.5 cm³/mol. The minimum Gasteiger partial charge on any atom is -0.398 e. The van der Waals surface area contributed by atoms with Crippen LogP contribution in [0.5, 0.6) is 0 Å². The van der Waals surface area contributed by atoms with Crippen molar-refractivity contribution in [2.45, 2.75) is 13.3 Å². The van der Waals surface area contributed by atoms with Gasteiger partial charge in [0.25, 0.3) is 11.8 Å². The van der Waals surface area contributed by atoms with Crippen LogP contribution in [0.1, 0.15) is 33.2 Å². The van der Waals surface area contributed by atoms with Crippen LogP contribution < -0.4 is 10.6 Å². The van der Waals surface area contributed by atoms with Gasteiger partial charge in [-0.25, -0.2) is 4.90 Å². The summed E-state index contributed by atoms with van der Waals surface area (Å²) in [5, 5.41) is 0. The largest absolute Gasteiger partial charge is 0.398 e. The summed E-state index contributed by atoms with van der Waals surface area (Å²) in [6, 6.07) is 10.5. The molecule has 0 aliphatic carbocycles. The monoisotopic (exact) mass is 344 g/mol. The van der Waals surface area contributed by atoms with E-state index < -0.39 is 0 Å². The van der Waals surface area contributed by atoms with Crippen LogP contribution >= 0.6 is 15.9 Å². The molecule has 0 radical (unpaired) electrons. The van der Waals surface area contributed by atoms with Gasteiger partial charge in [0, 0.05) is 10.2 Å². The summed E-state index contributed by atoms with van der Waals surface area (Å²) < 4.78 is 0.916. The van der Waals surface area contributed by atoms with Crippen LogP contribution in [0.15, 0.2) is 40.9 Å². The minimum absolute atomic E-state index is 0.299. The third-order valence-corrected chi connectivity index (χ3v) is 4.10. The first-order valence-electron chi connectivity index (χ1n) is 6.60. The molecule has 3 rings (SSSR count). The van der Waals surface area contributed by atoms with Crippen LogP contribution in [-0.4, -0.2) is 11.8 Å². The number of carbonyl (C=O) groups is 2. The zero-order valence-corrected chi connectivity index (χ0v) is 13.0. The highest BCUT2D eigenvalue weighted by Crippen LogP contribution is 2.34. The van der Waals surface area contributed by atoms with Gasteiger partial charge in [-0.1, -0.05) is 28.9 Å². The maximum Gasteiger partial charge on any atom is 0.268 e. The number of amides is 2. The second kappa shape index (κ2) is 5.00. The summed E-state index contributed by atoms with van der Waals surface area (Å²) in [5.74, 6) is -0.676. The highest BCUT2D eigenvalue weighted by atomic mass is 79.9. The number of halogens is 1. The van der Waals surface area contributed by atoms with Crippen molar-refractivity contribution in [1.82, 2.24) is 0 Å². The topological polar surface area (TPSA) is 63.4 Å². The Morgan fingerprint density at radius 2 is 1.90 bits per heavy atom. The number of anilines is 2. The fraction of sp³-hybridized carbons (Fsp3) is 0.125. The number of nitrogens with two attached hydrogens (primary N) is 1. The molecule has 1 aliphatic heterocycles. The van der Waals surface area contributed by atoms with Crippen molar-refractivity contribution in [2.24, 2.45) is 0 Å². The number of nitrogens with zero attached hydrogens (tertiary/aromatic N) is 1. The summed E-state index contributed by atoms with van der Waals surface area (Å²) in [4.78, 5) is 26.4. The Labute approximate surface area is 130 Å². The van der Waals surface area contributed by atoms with Crippen LogP contribution in [-0.2, 0) is 6.42 Å². The van der Waals surface area contributed by atoms with Crippen LogP contribution in [0.2, 0.25) is 0 Å². The van der Waals surface area contributed by atoms with Gasteiger partial charge in [-0.2, -0.15) is 0 Å². The molecule has 0 fully saturated rings. The molecular weight excluding hydrogens is 332 g/mol. The van der Waals surface area contributed by atoms with E-state index in [0.29, 0.717) is 22.5 Å². The van der Waals surface area contributed by atoms with Gasteiger partial charge in [-0.15, -0.1) is 0 Å². The molecule has 106 valence electrons. The molecule has 21 heavy (non-hydrogen) atoms. The number of rotatable bonds is 2. The summed E-state index contributed by atoms with van der Waals surface area (Å²) in [6.07, 6.45) is 0.720. The highest BCUT2D eigenvalue weighted by Gasteiger charge is 2.38. The lowest BCUT2D eigenvalue weighted by Gasteiger charge is -2.18. The van der Waals surface area contributed by atoms with Gasteiger partial charge in [0.1, 0.15) is 0 Å². The molecule has 0 bridgehead atoms. The van der Waals surface area contributed by atoms with E-state index in [9.17, 15) is 9.59 Å². The van der Waals surface area contributed by atoms with E-state index in [1.165, 1.54) is 4.90 Å². The number of nitrogen functional groups attached to an aromatic ring is 1. The van der Waals surface area contributed by atoms with Gasteiger partial charge >= 0.3 is 0 Å². The first-order valence-corrected chi connectivity index (χ1v) is 7.39. The average Bonchev–Trinajstić information content (AvgIpc) is 2.72. The molecule has 4 nitrogen and oxygen atoms in total. The normalized spacial score (nSPS) is 13.7. The lowest BCUT2D eigenvalue weighted by atomic mass is 10.1. The molecule has 2 aromatic rings. The van der Waals surface area contributed by atoms with E-state index in [2.05, 4.69) is 15.9 Å². The third-order valence-electron chi connectivity index (χ3n) is 3.61. The van der Waals surface area contributed by atoms with Crippen molar-refractivity contribution in [3.8, 4) is 0 Å². The van der Waals surface area contributed by atoms with Gasteiger partial charge in [-0.05, 0) is 42.3 Å². The molecule has 0 unspecified atom stereocenters. The fourth-order valence-electron chi connectivity index (χ4n) is 2.59. The fourth-order valence-corrected chi connectivity index (χ4v) is 2.99. The van der Waals surface area contributed by atoms with Crippen molar-refractivity contribution in [3.63, 3.8) is 0 Å². The first-order chi connectivity index (χ1) is 10.0. The van der Waals surface area contributed by atoms with Crippen LogP contribution in [0.25, 0.3) is 0 Å². The molecule has 0 atom stereocenters. The zero-order chi connectivity index (χ0) is 15.1. The van der Waals surface area contributed by atoms with E-state index in [0.717, 1.165) is 16.5 Å². The molecule has 2 amide bonds. The van der Waals surface area contributed by atoms with E-state index in [-0.39, 0.29) is 11.8 Å². The van der Waals surface area contributed by atoms with Gasteiger partial charge in [0.05, 0.1) is 16.8 Å². The Bertz CT molecular complexity index is 771. The number of hydrogen-bond acceptors (Lipinski definition) is 3. The van der Waals surface area contributed by atoms with E-state index in [4.69, 9.17) is 5.73 Å². The van der Waals surface area contributed by atoms with Gasteiger partial charge in [-0.3, -0.25) is 9.59 Å². The Balaban J connectivity index is 2.17. The standard InChI is InChI=1S/C16H13BrN2O2/c1-2-9-8-10(17)6-7-13(9)19-15(20)11-4-3-5-12(18)14(11)16(19)21/h3-8H,2,18H2,1H3. The molecule has 2 N–H and O–H groups in total. The van der Waals surface area contributed by atoms with Crippen LogP contribution in [0.3, 0.4) is 0 Å². The SMILES string of the molecule is CCc1cc(Br)ccc1N1C(=O)c2cccc(N)c2C1=O. The van der Waals surface area contributed by atoms with Crippen LogP contribution in [0.4, 0.5) is 11.4 Å². The molecule has 5 heteroatoms. The summed E-state index contributed by atoms with van der Waals surface area (Å²) in [6.45, 7) is 1.98. The van der Waals surface area contributed by atoms with Gasteiger partial charge in [0.15, 0.2) is 0 Å². The lowest BCUT2D eigenvalue weighted by molar-refractivity contribution is 0.0926. The summed E-state index contributed by atoms with van der Waals surface area (Å²) in [5.41, 5.74) is 8.40. The second-order valence-electron chi connectivity index (χ2n) is 4.84. The smallest absolute Gasteiger partial charge is 0.268 e. The second-order valence-corrected chi connectivity index (χ2v) is 5.76. The van der Waals surface area contributed by atoms with E-state index >= 15 is 0 Å². The van der Waals surface area contributed by atoms with Crippen molar-refractivity contribution >= 4 is 39.1 Å². The predicted octanol–water partition coefficient (Wildman–Crippen LogP) is 3.39. The van der Waals surface area contributed by atoms with E-state index in [1.54, 1.807) is 24.3 Å². The van der Waals surface area contributed by atoms with Crippen molar-refractivity contribution in [2.75, 3.05) is 10.6 Å². The van der Waals surface area contributed by atoms with Crippen molar-refractivity contribution < 1.29 is 9.59 Å². The third kappa shape index (κ3) is 2.05. The first kappa shape index (κ1) is 13.8.